The van der Waals surface area contributed by atoms with E-state index in [0.29, 0.717) is 0 Å². The molecule has 1 aliphatic heterocycles. The van der Waals surface area contributed by atoms with E-state index in [9.17, 15) is 14.7 Å². The number of hydrogen-bond acceptors (Lipinski definition) is 8. The van der Waals surface area contributed by atoms with Crippen LogP contribution in [0.3, 0.4) is 0 Å². The first kappa shape index (κ1) is 16.4. The van der Waals surface area contributed by atoms with Gasteiger partial charge in [0.05, 0.1) is 19.0 Å². The Kier molecular flexibility index (Phi) is 4.22. The number of carbonyl (C=O) groups is 1. The third kappa shape index (κ3) is 2.84. The van der Waals surface area contributed by atoms with Gasteiger partial charge < -0.3 is 25.4 Å². The molecule has 0 aliphatic carbocycles. The number of carboxylic acid groups (broad SMARTS) is 1. The monoisotopic (exact) mass is 339 g/mol. The second-order valence-corrected chi connectivity index (χ2v) is 5.56. The topological polar surface area (TPSA) is 163 Å². The Morgan fingerprint density at radius 3 is 3.00 bits per heavy atom. The second kappa shape index (κ2) is 6.19. The summed E-state index contributed by atoms with van der Waals surface area (Å²) in [6, 6.07) is -0.953. The summed E-state index contributed by atoms with van der Waals surface area (Å²) in [6.45, 7) is 1.08. The molecule has 2 aromatic heterocycles. The number of H-pyrrole nitrogens is 1. The number of aromatic nitrogens is 4. The van der Waals surface area contributed by atoms with Gasteiger partial charge >= 0.3 is 5.97 Å². The lowest BCUT2D eigenvalue weighted by molar-refractivity contribution is -0.137. The van der Waals surface area contributed by atoms with Crippen LogP contribution in [-0.2, 0) is 9.53 Å². The molecule has 130 valence electrons. The minimum absolute atomic E-state index is 0.0126. The number of aliphatic hydroxyl groups is 2. The molecule has 5 N–H and O–H groups in total. The van der Waals surface area contributed by atoms with Gasteiger partial charge in [-0.05, 0) is 6.92 Å². The van der Waals surface area contributed by atoms with E-state index in [2.05, 4.69) is 20.3 Å². The fourth-order valence-corrected chi connectivity index (χ4v) is 2.52. The Labute approximate surface area is 134 Å². The van der Waals surface area contributed by atoms with E-state index in [0.717, 1.165) is 0 Å². The Morgan fingerprint density at radius 1 is 1.62 bits per heavy atom. The molecule has 24 heavy (non-hydrogen) atoms. The Morgan fingerprint density at radius 2 is 2.38 bits per heavy atom. The van der Waals surface area contributed by atoms with Crippen LogP contribution >= 0.6 is 0 Å². The molecule has 0 saturated carbocycles. The summed E-state index contributed by atoms with van der Waals surface area (Å²) in [6.07, 6.45) is -0.641. The summed E-state index contributed by atoms with van der Waals surface area (Å²) in [5, 5.41) is 30.5. The van der Waals surface area contributed by atoms with E-state index >= 15 is 0 Å². The van der Waals surface area contributed by atoms with Gasteiger partial charge in [-0.25, -0.2) is 4.98 Å². The molecule has 4 atom stereocenters. The van der Waals surface area contributed by atoms with Gasteiger partial charge in [0.25, 0.3) is 5.56 Å². The van der Waals surface area contributed by atoms with Crippen LogP contribution < -0.4 is 10.9 Å². The number of nitrogens with one attached hydrogen (secondary N) is 2. The molecule has 0 spiro atoms. The van der Waals surface area contributed by atoms with E-state index in [1.54, 1.807) is 0 Å². The van der Waals surface area contributed by atoms with Crippen LogP contribution in [-0.4, -0.2) is 65.7 Å². The Bertz CT molecular complexity index is 817. The van der Waals surface area contributed by atoms with Gasteiger partial charge in [0.1, 0.15) is 18.4 Å². The van der Waals surface area contributed by atoms with Gasteiger partial charge in [-0.3, -0.25) is 19.1 Å². The lowest BCUT2D eigenvalue weighted by atomic mass is 10.2. The number of aliphatic carboxylic acids is 1. The van der Waals surface area contributed by atoms with Crippen LogP contribution in [0.1, 0.15) is 19.6 Å². The first-order chi connectivity index (χ1) is 11.4. The molecule has 0 bridgehead atoms. The van der Waals surface area contributed by atoms with E-state index in [1.807, 2.05) is 0 Å². The van der Waals surface area contributed by atoms with E-state index in [4.69, 9.17) is 14.9 Å². The first-order valence-electron chi connectivity index (χ1n) is 7.31. The first-order valence-corrected chi connectivity index (χ1v) is 7.31. The van der Waals surface area contributed by atoms with Gasteiger partial charge in [0, 0.05) is 6.42 Å². The van der Waals surface area contributed by atoms with Crippen molar-refractivity contribution >= 4 is 23.1 Å². The molecule has 3 rings (SSSR count). The van der Waals surface area contributed by atoms with Crippen molar-refractivity contribution in [2.24, 2.45) is 0 Å². The van der Waals surface area contributed by atoms with Gasteiger partial charge in [-0.2, -0.15) is 4.98 Å². The third-order valence-corrected chi connectivity index (χ3v) is 3.85. The zero-order chi connectivity index (χ0) is 17.4. The molecule has 11 nitrogen and oxygen atoms in total. The van der Waals surface area contributed by atoms with Crippen LogP contribution in [0.25, 0.3) is 11.2 Å². The lowest BCUT2D eigenvalue weighted by Crippen LogP contribution is -2.28. The fraction of sp³-hybridized carbons (Fsp3) is 0.538. The standard InChI is InChI=1S/C13H17N5O6/c1-5(12(22)23)15-13-16-10-9(11(21)17-13)14-4-18(10)8-2-6(20)7(3-19)24-8/h4-8,19-20H,2-3H2,1H3,(H,22,23)(H2,15,16,17,21)/t5?,6-,7+,8-/m0/s1. The highest BCUT2D eigenvalue weighted by Gasteiger charge is 2.35. The van der Waals surface area contributed by atoms with Gasteiger partial charge in [0.15, 0.2) is 11.2 Å². The molecule has 0 amide bonds. The number of aliphatic hydroxyl groups excluding tert-OH is 2. The highest BCUT2D eigenvalue weighted by atomic mass is 16.5. The maximum Gasteiger partial charge on any atom is 0.325 e. The molecule has 0 radical (unpaired) electrons. The molecule has 3 heterocycles. The quantitative estimate of drug-likeness (QED) is 0.443. The number of carboxylic acids is 1. The van der Waals surface area contributed by atoms with Crippen LogP contribution in [0.2, 0.25) is 0 Å². The van der Waals surface area contributed by atoms with Crippen molar-refractivity contribution in [1.29, 1.82) is 0 Å². The average molecular weight is 339 g/mol. The van der Waals surface area contributed by atoms with Crippen molar-refractivity contribution in [3.05, 3.63) is 16.7 Å². The number of aromatic amines is 1. The number of anilines is 1. The number of imidazole rings is 1. The van der Waals surface area contributed by atoms with Crippen molar-refractivity contribution in [2.75, 3.05) is 11.9 Å². The molecule has 1 saturated heterocycles. The normalized spacial score (nSPS) is 25.0. The van der Waals surface area contributed by atoms with Crippen LogP contribution in [0.15, 0.2) is 11.1 Å². The molecule has 1 unspecified atom stereocenters. The number of ether oxygens (including phenoxy) is 1. The maximum absolute atomic E-state index is 12.1. The summed E-state index contributed by atoms with van der Waals surface area (Å²) >= 11 is 0. The largest absolute Gasteiger partial charge is 0.480 e. The molecule has 1 fully saturated rings. The Balaban J connectivity index is 1.97. The van der Waals surface area contributed by atoms with Crippen molar-refractivity contribution in [2.45, 2.75) is 37.8 Å². The predicted octanol–water partition coefficient (Wildman–Crippen LogP) is -1.35. The highest BCUT2D eigenvalue weighted by molar-refractivity contribution is 5.77. The number of rotatable bonds is 5. The van der Waals surface area contributed by atoms with E-state index < -0.39 is 36.0 Å². The molecule has 1 aliphatic rings. The van der Waals surface area contributed by atoms with Crippen LogP contribution in [0.5, 0.6) is 0 Å². The third-order valence-electron chi connectivity index (χ3n) is 3.85. The smallest absolute Gasteiger partial charge is 0.325 e. The number of fused-ring (bicyclic) bond motifs is 1. The molecule has 2 aromatic rings. The Hall–Kier alpha value is -2.50. The zero-order valence-electron chi connectivity index (χ0n) is 12.7. The average Bonchev–Trinajstić information content (AvgIpc) is 3.10. The van der Waals surface area contributed by atoms with Crippen LogP contribution in [0.4, 0.5) is 5.95 Å². The zero-order valence-corrected chi connectivity index (χ0v) is 12.7. The second-order valence-electron chi connectivity index (χ2n) is 5.56. The highest BCUT2D eigenvalue weighted by Crippen LogP contribution is 2.30. The van der Waals surface area contributed by atoms with Gasteiger partial charge in [0.2, 0.25) is 5.95 Å². The van der Waals surface area contributed by atoms with Crippen molar-refractivity contribution in [1.82, 2.24) is 19.5 Å². The molecular formula is C13H17N5O6. The summed E-state index contributed by atoms with van der Waals surface area (Å²) in [5.74, 6) is -1.11. The van der Waals surface area contributed by atoms with E-state index in [1.165, 1.54) is 17.8 Å². The van der Waals surface area contributed by atoms with Crippen molar-refractivity contribution < 1.29 is 24.9 Å². The van der Waals surface area contributed by atoms with Crippen LogP contribution in [0, 0.1) is 0 Å². The van der Waals surface area contributed by atoms with Gasteiger partial charge in [-0.15, -0.1) is 0 Å². The predicted molar refractivity (Wildman–Crippen MR) is 80.5 cm³/mol. The van der Waals surface area contributed by atoms with Crippen molar-refractivity contribution in [3.63, 3.8) is 0 Å². The summed E-state index contributed by atoms with van der Waals surface area (Å²) in [4.78, 5) is 33.6. The molecule has 11 heteroatoms. The molecular weight excluding hydrogens is 322 g/mol. The van der Waals surface area contributed by atoms with E-state index in [-0.39, 0.29) is 30.1 Å². The lowest BCUT2D eigenvalue weighted by Gasteiger charge is -2.14. The van der Waals surface area contributed by atoms with Crippen molar-refractivity contribution in [3.8, 4) is 0 Å². The van der Waals surface area contributed by atoms with Gasteiger partial charge in [-0.1, -0.05) is 0 Å². The maximum atomic E-state index is 12.1. The fourth-order valence-electron chi connectivity index (χ4n) is 2.52. The summed E-state index contributed by atoms with van der Waals surface area (Å²) in [5.41, 5.74) is -0.278. The number of nitrogens with zero attached hydrogens (tertiary/aromatic N) is 3. The minimum atomic E-state index is -1.10. The summed E-state index contributed by atoms with van der Waals surface area (Å²) in [7, 11) is 0. The molecule has 0 aromatic carbocycles. The minimum Gasteiger partial charge on any atom is -0.480 e. The summed E-state index contributed by atoms with van der Waals surface area (Å²) < 4.78 is 7.00. The SMILES string of the molecule is CC(Nc1nc2c(ncn2[C@@H]2C[C@H](O)[C@@H](CO)O2)c(=O)[nH]1)C(=O)O. The number of hydrogen-bond donors (Lipinski definition) is 5.